The molecule has 0 saturated carbocycles. The molecule has 17 heavy (non-hydrogen) atoms. The quantitative estimate of drug-likeness (QED) is 0.796. The smallest absolute Gasteiger partial charge is 0.276 e. The fraction of sp³-hybridized carbons (Fsp3) is 0.333. The van der Waals surface area contributed by atoms with E-state index in [2.05, 4.69) is 5.16 Å². The zero-order valence-electron chi connectivity index (χ0n) is 9.26. The predicted octanol–water partition coefficient (Wildman–Crippen LogP) is 2.17. The van der Waals surface area contributed by atoms with E-state index in [4.69, 9.17) is 8.94 Å². The average Bonchev–Trinajstić information content (AvgIpc) is 3.09. The molecule has 1 aliphatic heterocycles. The van der Waals surface area contributed by atoms with E-state index in [1.807, 2.05) is 0 Å². The number of carbonyl (C=O) groups excluding carboxylic acids is 1. The van der Waals surface area contributed by atoms with Crippen LogP contribution in [0.4, 0.5) is 0 Å². The number of carbonyl (C=O) groups is 1. The number of hydrogen-bond acceptors (Lipinski definition) is 4. The van der Waals surface area contributed by atoms with E-state index >= 15 is 0 Å². The van der Waals surface area contributed by atoms with Gasteiger partial charge in [0.05, 0.1) is 6.26 Å². The molecule has 1 amide bonds. The number of likely N-dealkylation sites (tertiary alicyclic amines) is 1. The SMILES string of the molecule is O=C(c1cc(-c2ccco2)on1)N1CCCC1. The number of furan rings is 1. The minimum Gasteiger partial charge on any atom is -0.461 e. The van der Waals surface area contributed by atoms with Crippen molar-refractivity contribution in [2.24, 2.45) is 0 Å². The predicted molar refractivity (Wildman–Crippen MR) is 59.3 cm³/mol. The molecule has 88 valence electrons. The summed E-state index contributed by atoms with van der Waals surface area (Å²) in [6.45, 7) is 1.61. The number of amides is 1. The molecule has 0 N–H and O–H groups in total. The highest BCUT2D eigenvalue weighted by Gasteiger charge is 2.23. The molecule has 0 unspecified atom stereocenters. The Bertz CT molecular complexity index is 510. The van der Waals surface area contributed by atoms with Crippen molar-refractivity contribution in [3.63, 3.8) is 0 Å². The summed E-state index contributed by atoms with van der Waals surface area (Å²) < 4.78 is 10.3. The van der Waals surface area contributed by atoms with Crippen LogP contribution in [0.5, 0.6) is 0 Å². The highest BCUT2D eigenvalue weighted by molar-refractivity contribution is 5.93. The molecule has 3 heterocycles. The van der Waals surface area contributed by atoms with Gasteiger partial charge in [-0.25, -0.2) is 0 Å². The molecule has 0 bridgehead atoms. The van der Waals surface area contributed by atoms with Crippen molar-refractivity contribution in [2.75, 3.05) is 13.1 Å². The fourth-order valence-electron chi connectivity index (χ4n) is 1.99. The second kappa shape index (κ2) is 4.08. The molecular formula is C12H12N2O3. The molecule has 0 atom stereocenters. The Kier molecular flexibility index (Phi) is 2.44. The van der Waals surface area contributed by atoms with E-state index in [1.165, 1.54) is 0 Å². The standard InChI is InChI=1S/C12H12N2O3/c15-12(14-5-1-2-6-14)9-8-11(17-13-9)10-4-3-7-16-10/h3-4,7-8H,1-2,5-6H2. The van der Waals surface area contributed by atoms with Gasteiger partial charge in [-0.15, -0.1) is 0 Å². The van der Waals surface area contributed by atoms with Gasteiger partial charge in [-0.05, 0) is 25.0 Å². The summed E-state index contributed by atoms with van der Waals surface area (Å²) in [6, 6.07) is 5.16. The molecule has 0 radical (unpaired) electrons. The first-order valence-corrected chi connectivity index (χ1v) is 5.64. The van der Waals surface area contributed by atoms with Crippen LogP contribution in [0.3, 0.4) is 0 Å². The number of aromatic nitrogens is 1. The van der Waals surface area contributed by atoms with Crippen LogP contribution in [-0.2, 0) is 0 Å². The third-order valence-corrected chi connectivity index (χ3v) is 2.89. The second-order valence-electron chi connectivity index (χ2n) is 4.05. The molecule has 0 spiro atoms. The minimum absolute atomic E-state index is 0.0657. The van der Waals surface area contributed by atoms with Crippen molar-refractivity contribution in [1.29, 1.82) is 0 Å². The maximum Gasteiger partial charge on any atom is 0.276 e. The van der Waals surface area contributed by atoms with Gasteiger partial charge in [0, 0.05) is 19.2 Å². The lowest BCUT2D eigenvalue weighted by atomic mass is 10.3. The summed E-state index contributed by atoms with van der Waals surface area (Å²) in [5.41, 5.74) is 0.346. The zero-order chi connectivity index (χ0) is 11.7. The molecule has 1 aliphatic rings. The van der Waals surface area contributed by atoms with Crippen molar-refractivity contribution >= 4 is 5.91 Å². The Labute approximate surface area is 98.0 Å². The summed E-state index contributed by atoms with van der Waals surface area (Å²) in [7, 11) is 0. The third kappa shape index (κ3) is 1.84. The summed E-state index contributed by atoms with van der Waals surface area (Å²) in [5, 5.41) is 3.79. The van der Waals surface area contributed by atoms with Crippen molar-refractivity contribution in [3.8, 4) is 11.5 Å². The van der Waals surface area contributed by atoms with Crippen molar-refractivity contribution in [1.82, 2.24) is 10.1 Å². The number of hydrogen-bond donors (Lipinski definition) is 0. The maximum atomic E-state index is 12.0. The Hall–Kier alpha value is -2.04. The zero-order valence-corrected chi connectivity index (χ0v) is 9.26. The summed E-state index contributed by atoms with van der Waals surface area (Å²) >= 11 is 0. The summed E-state index contributed by atoms with van der Waals surface area (Å²) in [4.78, 5) is 13.8. The molecule has 1 saturated heterocycles. The van der Waals surface area contributed by atoms with Gasteiger partial charge in [0.25, 0.3) is 5.91 Å². The molecule has 0 aromatic carbocycles. The highest BCUT2D eigenvalue weighted by atomic mass is 16.5. The second-order valence-corrected chi connectivity index (χ2v) is 4.05. The third-order valence-electron chi connectivity index (χ3n) is 2.89. The van der Waals surface area contributed by atoms with Crippen LogP contribution in [0.2, 0.25) is 0 Å². The van der Waals surface area contributed by atoms with Gasteiger partial charge in [0.1, 0.15) is 0 Å². The van der Waals surface area contributed by atoms with E-state index in [-0.39, 0.29) is 5.91 Å². The molecule has 3 rings (SSSR count). The van der Waals surface area contributed by atoms with Crippen molar-refractivity contribution < 1.29 is 13.7 Å². The van der Waals surface area contributed by atoms with Crippen molar-refractivity contribution in [2.45, 2.75) is 12.8 Å². The Balaban J connectivity index is 1.82. The van der Waals surface area contributed by atoms with Crippen LogP contribution >= 0.6 is 0 Å². The van der Waals surface area contributed by atoms with Crippen LogP contribution in [0.15, 0.2) is 33.4 Å². The molecule has 1 fully saturated rings. The lowest BCUT2D eigenvalue weighted by Gasteiger charge is -2.12. The van der Waals surface area contributed by atoms with Gasteiger partial charge >= 0.3 is 0 Å². The van der Waals surface area contributed by atoms with E-state index in [0.717, 1.165) is 25.9 Å². The number of rotatable bonds is 2. The lowest BCUT2D eigenvalue weighted by Crippen LogP contribution is -2.27. The monoisotopic (exact) mass is 232 g/mol. The van der Waals surface area contributed by atoms with Crippen LogP contribution < -0.4 is 0 Å². The Morgan fingerprint density at radius 3 is 2.82 bits per heavy atom. The van der Waals surface area contributed by atoms with E-state index in [0.29, 0.717) is 17.2 Å². The Morgan fingerprint density at radius 1 is 1.29 bits per heavy atom. The fourth-order valence-corrected chi connectivity index (χ4v) is 1.99. The van der Waals surface area contributed by atoms with Crippen LogP contribution in [-0.4, -0.2) is 29.1 Å². The molecule has 2 aromatic heterocycles. The first-order valence-electron chi connectivity index (χ1n) is 5.64. The first-order chi connectivity index (χ1) is 8.34. The minimum atomic E-state index is -0.0657. The van der Waals surface area contributed by atoms with Gasteiger partial charge in [0.15, 0.2) is 11.5 Å². The maximum absolute atomic E-state index is 12.0. The summed E-state index contributed by atoms with van der Waals surface area (Å²) in [6.07, 6.45) is 3.68. The van der Waals surface area contributed by atoms with E-state index < -0.39 is 0 Å². The van der Waals surface area contributed by atoms with Gasteiger partial charge in [-0.3, -0.25) is 4.79 Å². The molecular weight excluding hydrogens is 220 g/mol. The largest absolute Gasteiger partial charge is 0.461 e. The van der Waals surface area contributed by atoms with Gasteiger partial charge in [-0.2, -0.15) is 0 Å². The normalized spacial score (nSPS) is 15.4. The van der Waals surface area contributed by atoms with Crippen LogP contribution in [0.25, 0.3) is 11.5 Å². The molecule has 2 aromatic rings. The molecule has 5 nitrogen and oxygen atoms in total. The molecule has 0 aliphatic carbocycles. The van der Waals surface area contributed by atoms with Crippen molar-refractivity contribution in [3.05, 3.63) is 30.2 Å². The summed E-state index contributed by atoms with van der Waals surface area (Å²) in [5.74, 6) is 1.000. The first kappa shape index (κ1) is 10.1. The molecule has 5 heteroatoms. The average molecular weight is 232 g/mol. The van der Waals surface area contributed by atoms with Gasteiger partial charge in [0.2, 0.25) is 5.76 Å². The lowest BCUT2D eigenvalue weighted by molar-refractivity contribution is 0.0782. The van der Waals surface area contributed by atoms with Gasteiger partial charge in [-0.1, -0.05) is 5.16 Å². The highest BCUT2D eigenvalue weighted by Crippen LogP contribution is 2.21. The van der Waals surface area contributed by atoms with E-state index in [1.54, 1.807) is 29.4 Å². The van der Waals surface area contributed by atoms with E-state index in [9.17, 15) is 4.79 Å². The van der Waals surface area contributed by atoms with Crippen LogP contribution in [0, 0.1) is 0 Å². The Morgan fingerprint density at radius 2 is 2.12 bits per heavy atom. The topological polar surface area (TPSA) is 59.5 Å². The number of nitrogens with zero attached hydrogens (tertiary/aromatic N) is 2. The van der Waals surface area contributed by atoms with Crippen LogP contribution in [0.1, 0.15) is 23.3 Å². The van der Waals surface area contributed by atoms with Gasteiger partial charge < -0.3 is 13.8 Å².